The van der Waals surface area contributed by atoms with Crippen LogP contribution in [-0.4, -0.2) is 11.9 Å². The number of allylic oxidation sites excluding steroid dienone is 2. The number of rotatable bonds is 0. The third kappa shape index (κ3) is 1.19. The summed E-state index contributed by atoms with van der Waals surface area (Å²) in [6, 6.07) is 0. The summed E-state index contributed by atoms with van der Waals surface area (Å²) in [6.07, 6.45) is 2.74. The maximum atomic E-state index is 11.3. The van der Waals surface area contributed by atoms with Crippen LogP contribution >= 0.6 is 0 Å². The van der Waals surface area contributed by atoms with Gasteiger partial charge < -0.3 is 4.74 Å². The van der Waals surface area contributed by atoms with E-state index in [4.69, 9.17) is 0 Å². The van der Waals surface area contributed by atoms with Crippen molar-refractivity contribution in [2.75, 3.05) is 0 Å². The molecule has 0 aromatic rings. The molecule has 2 rings (SSSR count). The van der Waals surface area contributed by atoms with E-state index < -0.39 is 0 Å². The Kier molecular flexibility index (Phi) is 1.75. The van der Waals surface area contributed by atoms with Gasteiger partial charge in [-0.25, -0.2) is 0 Å². The summed E-state index contributed by atoms with van der Waals surface area (Å²) in [4.78, 5) is 22.5. The number of hydrogen-bond donors (Lipinski definition) is 0. The first kappa shape index (κ1) is 8.48. The van der Waals surface area contributed by atoms with Crippen LogP contribution in [0.1, 0.15) is 20.3 Å². The molecule has 0 bridgehead atoms. The maximum Gasteiger partial charge on any atom is 0.318 e. The summed E-state index contributed by atoms with van der Waals surface area (Å²) in [5.41, 5.74) is 1.18. The predicted molar refractivity (Wildman–Crippen MR) is 45.6 cm³/mol. The zero-order chi connectivity index (χ0) is 9.59. The van der Waals surface area contributed by atoms with Crippen LogP contribution in [0.3, 0.4) is 0 Å². The first-order valence-electron chi connectivity index (χ1n) is 4.52. The van der Waals surface area contributed by atoms with E-state index in [1.54, 1.807) is 0 Å². The molecule has 0 saturated carbocycles. The largest absolute Gasteiger partial charge is 0.393 e. The van der Waals surface area contributed by atoms with Gasteiger partial charge in [-0.15, -0.1) is 0 Å². The van der Waals surface area contributed by atoms with Gasteiger partial charge in [-0.3, -0.25) is 9.59 Å². The minimum Gasteiger partial charge on any atom is -0.393 e. The fourth-order valence-corrected chi connectivity index (χ4v) is 2.31. The van der Waals surface area contributed by atoms with Crippen molar-refractivity contribution in [2.45, 2.75) is 20.3 Å². The Hall–Kier alpha value is -1.12. The van der Waals surface area contributed by atoms with Crippen molar-refractivity contribution in [2.24, 2.45) is 17.8 Å². The van der Waals surface area contributed by atoms with E-state index in [0.29, 0.717) is 6.42 Å². The van der Waals surface area contributed by atoms with E-state index in [0.717, 1.165) is 0 Å². The molecular weight excluding hydrogens is 168 g/mol. The topological polar surface area (TPSA) is 43.4 Å². The molecule has 1 aliphatic carbocycles. The summed E-state index contributed by atoms with van der Waals surface area (Å²) in [6.45, 7) is 3.95. The molecule has 2 aliphatic rings. The molecule has 0 aromatic carbocycles. The van der Waals surface area contributed by atoms with Gasteiger partial charge in [0.1, 0.15) is 0 Å². The summed E-state index contributed by atoms with van der Waals surface area (Å²) in [5.74, 6) is -0.984. The van der Waals surface area contributed by atoms with Gasteiger partial charge in [0.05, 0.1) is 11.8 Å². The van der Waals surface area contributed by atoms with Crippen LogP contribution in [0, 0.1) is 17.8 Å². The molecule has 70 valence electrons. The van der Waals surface area contributed by atoms with Gasteiger partial charge >= 0.3 is 11.9 Å². The zero-order valence-electron chi connectivity index (χ0n) is 7.74. The highest BCUT2D eigenvalue weighted by Crippen LogP contribution is 2.39. The van der Waals surface area contributed by atoms with Crippen LogP contribution in [0.2, 0.25) is 0 Å². The Labute approximate surface area is 76.8 Å². The fourth-order valence-electron chi connectivity index (χ4n) is 2.31. The molecule has 3 atom stereocenters. The Morgan fingerprint density at radius 3 is 2.77 bits per heavy atom. The lowest BCUT2D eigenvalue weighted by atomic mass is 9.76. The van der Waals surface area contributed by atoms with E-state index in [1.807, 2.05) is 13.8 Å². The summed E-state index contributed by atoms with van der Waals surface area (Å²) in [5, 5.41) is 0. The van der Waals surface area contributed by atoms with Crippen molar-refractivity contribution >= 4 is 11.9 Å². The molecule has 3 unspecified atom stereocenters. The first-order valence-corrected chi connectivity index (χ1v) is 4.52. The Bertz CT molecular complexity index is 303. The number of cyclic esters (lactones) is 2. The molecule has 0 radical (unpaired) electrons. The molecule has 1 aliphatic heterocycles. The van der Waals surface area contributed by atoms with E-state index in [1.165, 1.54) is 5.57 Å². The molecule has 13 heavy (non-hydrogen) atoms. The molecule has 1 fully saturated rings. The highest BCUT2D eigenvalue weighted by molar-refractivity contribution is 5.97. The molecule has 3 heteroatoms. The van der Waals surface area contributed by atoms with Crippen LogP contribution < -0.4 is 0 Å². The molecule has 1 heterocycles. The molecule has 0 N–H and O–H groups in total. The second kappa shape index (κ2) is 2.69. The van der Waals surface area contributed by atoms with Crippen LogP contribution in [0.4, 0.5) is 0 Å². The lowest BCUT2D eigenvalue weighted by molar-refractivity contribution is -0.153. The van der Waals surface area contributed by atoms with Crippen molar-refractivity contribution < 1.29 is 14.3 Å². The van der Waals surface area contributed by atoms with Crippen LogP contribution in [0.25, 0.3) is 0 Å². The third-order valence-electron chi connectivity index (χ3n) is 2.87. The second-order valence-corrected chi connectivity index (χ2v) is 3.95. The fraction of sp³-hybridized carbons (Fsp3) is 0.600. The number of carbonyl (C=O) groups is 2. The highest BCUT2D eigenvalue weighted by Gasteiger charge is 2.48. The van der Waals surface area contributed by atoms with Crippen molar-refractivity contribution in [3.63, 3.8) is 0 Å². The Morgan fingerprint density at radius 2 is 2.08 bits per heavy atom. The minimum atomic E-state index is -0.341. The molecule has 3 nitrogen and oxygen atoms in total. The van der Waals surface area contributed by atoms with E-state index >= 15 is 0 Å². The molecule has 0 spiro atoms. The second-order valence-electron chi connectivity index (χ2n) is 3.95. The highest BCUT2D eigenvalue weighted by atomic mass is 16.6. The SMILES string of the molecule is CC1=CC(C)C2C(=O)OC(=O)C2C1. The average molecular weight is 180 g/mol. The van der Waals surface area contributed by atoms with E-state index in [-0.39, 0.29) is 29.7 Å². The van der Waals surface area contributed by atoms with E-state index in [9.17, 15) is 9.59 Å². The Morgan fingerprint density at radius 1 is 1.38 bits per heavy atom. The quantitative estimate of drug-likeness (QED) is 0.320. The summed E-state index contributed by atoms with van der Waals surface area (Å²) < 4.78 is 4.62. The molecular formula is C10H12O3. The third-order valence-corrected chi connectivity index (χ3v) is 2.87. The van der Waals surface area contributed by atoms with Gasteiger partial charge in [0.15, 0.2) is 0 Å². The van der Waals surface area contributed by atoms with E-state index in [2.05, 4.69) is 10.8 Å². The van der Waals surface area contributed by atoms with Crippen LogP contribution in [-0.2, 0) is 14.3 Å². The zero-order valence-corrected chi connectivity index (χ0v) is 7.74. The number of hydrogen-bond acceptors (Lipinski definition) is 3. The van der Waals surface area contributed by atoms with Crippen molar-refractivity contribution in [1.29, 1.82) is 0 Å². The lowest BCUT2D eigenvalue weighted by Gasteiger charge is -2.23. The van der Waals surface area contributed by atoms with Crippen LogP contribution in [0.15, 0.2) is 11.6 Å². The maximum absolute atomic E-state index is 11.3. The minimum absolute atomic E-state index is 0.137. The van der Waals surface area contributed by atoms with Gasteiger partial charge in [0, 0.05) is 0 Å². The smallest absolute Gasteiger partial charge is 0.318 e. The monoisotopic (exact) mass is 180 g/mol. The van der Waals surface area contributed by atoms with Crippen molar-refractivity contribution in [1.82, 2.24) is 0 Å². The molecule has 0 aromatic heterocycles. The van der Waals surface area contributed by atoms with Crippen molar-refractivity contribution in [3.05, 3.63) is 11.6 Å². The summed E-state index contributed by atoms with van der Waals surface area (Å²) in [7, 11) is 0. The summed E-state index contributed by atoms with van der Waals surface area (Å²) >= 11 is 0. The average Bonchev–Trinajstić information content (AvgIpc) is 2.27. The van der Waals surface area contributed by atoms with Crippen molar-refractivity contribution in [3.8, 4) is 0 Å². The predicted octanol–water partition coefficient (Wildman–Crippen LogP) is 1.29. The van der Waals surface area contributed by atoms with Gasteiger partial charge in [-0.2, -0.15) is 0 Å². The number of fused-ring (bicyclic) bond motifs is 1. The number of carbonyl (C=O) groups excluding carboxylic acids is 2. The first-order chi connectivity index (χ1) is 6.09. The molecule has 1 saturated heterocycles. The lowest BCUT2D eigenvalue weighted by Crippen LogP contribution is -2.27. The van der Waals surface area contributed by atoms with Gasteiger partial charge in [0.2, 0.25) is 0 Å². The molecule has 0 amide bonds. The van der Waals surface area contributed by atoms with Gasteiger partial charge in [-0.05, 0) is 19.3 Å². The normalized spacial score (nSPS) is 38.3. The number of ether oxygens (including phenoxy) is 1. The standard InChI is InChI=1S/C10H12O3/c1-5-3-6(2)8-7(4-5)9(11)13-10(8)12/h3,6-8H,4H2,1-2H3. The van der Waals surface area contributed by atoms with Gasteiger partial charge in [0.25, 0.3) is 0 Å². The Balaban J connectivity index is 2.34. The van der Waals surface area contributed by atoms with Crippen LogP contribution in [0.5, 0.6) is 0 Å². The van der Waals surface area contributed by atoms with Gasteiger partial charge in [-0.1, -0.05) is 18.6 Å². The number of esters is 2.